The van der Waals surface area contributed by atoms with Crippen molar-refractivity contribution in [3.05, 3.63) is 11.6 Å². The Kier molecular flexibility index (Phi) is 6.25. The Morgan fingerprint density at radius 3 is 2.53 bits per heavy atom. The molecule has 0 amide bonds. The molecule has 0 saturated carbocycles. The van der Waals surface area contributed by atoms with E-state index >= 15 is 0 Å². The van der Waals surface area contributed by atoms with Crippen molar-refractivity contribution >= 4 is 5.97 Å². The molecule has 15 heavy (non-hydrogen) atoms. The van der Waals surface area contributed by atoms with Crippen molar-refractivity contribution in [2.45, 2.75) is 46.1 Å². The summed E-state index contributed by atoms with van der Waals surface area (Å²) >= 11 is 0. The molecule has 0 aliphatic rings. The number of methoxy groups -OCH3 is 1. The van der Waals surface area contributed by atoms with Crippen LogP contribution in [0.2, 0.25) is 0 Å². The molecule has 3 heteroatoms. The van der Waals surface area contributed by atoms with Gasteiger partial charge in [-0.1, -0.05) is 19.4 Å². The molecular formula is C12H23NO2. The fourth-order valence-electron chi connectivity index (χ4n) is 1.44. The second-order valence-corrected chi connectivity index (χ2v) is 4.39. The lowest BCUT2D eigenvalue weighted by Crippen LogP contribution is -2.39. The summed E-state index contributed by atoms with van der Waals surface area (Å²) < 4.78 is 4.61. The first kappa shape index (κ1) is 14.2. The van der Waals surface area contributed by atoms with Crippen LogP contribution in [0.15, 0.2) is 11.6 Å². The second kappa shape index (κ2) is 6.62. The minimum Gasteiger partial charge on any atom is -0.466 e. The van der Waals surface area contributed by atoms with E-state index in [0.717, 1.165) is 12.8 Å². The number of carbonyl (C=O) groups excluding carboxylic acids is 1. The predicted octanol–water partition coefficient (Wildman–Crippen LogP) is 2.27. The van der Waals surface area contributed by atoms with Crippen LogP contribution in [0.3, 0.4) is 0 Å². The first-order chi connectivity index (χ1) is 6.93. The average Bonchev–Trinajstić information content (AvgIpc) is 2.15. The molecule has 0 aromatic heterocycles. The molecule has 0 aliphatic carbocycles. The van der Waals surface area contributed by atoms with Crippen LogP contribution in [0.5, 0.6) is 0 Å². The summed E-state index contributed by atoms with van der Waals surface area (Å²) in [7, 11) is 1.40. The molecule has 0 radical (unpaired) electrons. The lowest BCUT2D eigenvalue weighted by Gasteiger charge is -2.25. The monoisotopic (exact) mass is 213 g/mol. The topological polar surface area (TPSA) is 38.3 Å². The zero-order chi connectivity index (χ0) is 11.9. The lowest BCUT2D eigenvalue weighted by molar-refractivity contribution is -0.136. The van der Waals surface area contributed by atoms with Crippen molar-refractivity contribution in [3.8, 4) is 0 Å². The molecule has 88 valence electrons. The third kappa shape index (κ3) is 6.28. The molecule has 0 aromatic rings. The van der Waals surface area contributed by atoms with Crippen molar-refractivity contribution in [2.24, 2.45) is 0 Å². The third-order valence-corrected chi connectivity index (χ3v) is 2.37. The summed E-state index contributed by atoms with van der Waals surface area (Å²) in [5.74, 6) is -0.259. The Morgan fingerprint density at radius 1 is 1.47 bits per heavy atom. The van der Waals surface area contributed by atoms with E-state index in [1.165, 1.54) is 7.11 Å². The molecule has 0 spiro atoms. The Balaban J connectivity index is 4.01. The highest BCUT2D eigenvalue weighted by Crippen LogP contribution is 2.10. The normalized spacial score (nSPS) is 12.7. The predicted molar refractivity (Wildman–Crippen MR) is 62.8 cm³/mol. The Labute approximate surface area is 92.9 Å². The van der Waals surface area contributed by atoms with Crippen molar-refractivity contribution in [2.75, 3.05) is 13.7 Å². The summed E-state index contributed by atoms with van der Waals surface area (Å²) in [6, 6.07) is 0. The van der Waals surface area contributed by atoms with Gasteiger partial charge in [-0.15, -0.1) is 0 Å². The van der Waals surface area contributed by atoms with Crippen LogP contribution in [-0.4, -0.2) is 25.2 Å². The molecule has 0 rings (SSSR count). The van der Waals surface area contributed by atoms with Crippen molar-refractivity contribution < 1.29 is 9.53 Å². The van der Waals surface area contributed by atoms with E-state index in [1.807, 2.05) is 6.08 Å². The number of carbonyl (C=O) groups is 1. The van der Waals surface area contributed by atoms with Gasteiger partial charge in [0.25, 0.3) is 0 Å². The van der Waals surface area contributed by atoms with Gasteiger partial charge in [-0.2, -0.15) is 0 Å². The quantitative estimate of drug-likeness (QED) is 0.543. The van der Waals surface area contributed by atoms with Crippen LogP contribution in [0.25, 0.3) is 0 Å². The van der Waals surface area contributed by atoms with Gasteiger partial charge in [0, 0.05) is 17.7 Å². The molecule has 1 N–H and O–H groups in total. The molecule has 3 nitrogen and oxygen atoms in total. The number of nitrogens with one attached hydrogen (secondary N) is 1. The van der Waals surface area contributed by atoms with Crippen LogP contribution < -0.4 is 5.32 Å². The van der Waals surface area contributed by atoms with Crippen LogP contribution in [0, 0.1) is 0 Å². The van der Waals surface area contributed by atoms with E-state index in [4.69, 9.17) is 0 Å². The maximum atomic E-state index is 11.1. The molecule has 0 atom stereocenters. The Bertz CT molecular complexity index is 232. The van der Waals surface area contributed by atoms with Gasteiger partial charge in [-0.3, -0.25) is 0 Å². The molecule has 0 bridgehead atoms. The highest BCUT2D eigenvalue weighted by Gasteiger charge is 2.14. The zero-order valence-corrected chi connectivity index (χ0v) is 10.5. The van der Waals surface area contributed by atoms with Crippen LogP contribution >= 0.6 is 0 Å². The number of ether oxygens (including phenoxy) is 1. The molecule has 0 unspecified atom stereocenters. The van der Waals surface area contributed by atoms with Gasteiger partial charge in [-0.05, 0) is 27.2 Å². The zero-order valence-electron chi connectivity index (χ0n) is 10.5. The third-order valence-electron chi connectivity index (χ3n) is 2.37. The summed E-state index contributed by atoms with van der Waals surface area (Å²) in [6.07, 6.45) is 4.14. The molecule has 0 aliphatic heterocycles. The summed E-state index contributed by atoms with van der Waals surface area (Å²) in [5, 5.41) is 3.39. The SMILES string of the molecule is CCCC(C)(C)NC/C=C(/C)C(=O)OC. The highest BCUT2D eigenvalue weighted by molar-refractivity contribution is 5.87. The van der Waals surface area contributed by atoms with Crippen molar-refractivity contribution in [3.63, 3.8) is 0 Å². The van der Waals surface area contributed by atoms with Crippen LogP contribution in [0.4, 0.5) is 0 Å². The van der Waals surface area contributed by atoms with Crippen molar-refractivity contribution in [1.82, 2.24) is 5.32 Å². The van der Waals surface area contributed by atoms with E-state index in [-0.39, 0.29) is 11.5 Å². The minimum atomic E-state index is -0.259. The van der Waals surface area contributed by atoms with Crippen LogP contribution in [0.1, 0.15) is 40.5 Å². The number of hydrogen-bond acceptors (Lipinski definition) is 3. The molecule has 0 heterocycles. The van der Waals surface area contributed by atoms with E-state index < -0.39 is 0 Å². The van der Waals surface area contributed by atoms with E-state index in [9.17, 15) is 4.79 Å². The summed E-state index contributed by atoms with van der Waals surface area (Å²) in [4.78, 5) is 11.1. The molecular weight excluding hydrogens is 190 g/mol. The standard InChI is InChI=1S/C12H23NO2/c1-6-8-12(3,4)13-9-7-10(2)11(14)15-5/h7,13H,6,8-9H2,1-5H3/b10-7-. The molecule has 0 saturated heterocycles. The van der Waals surface area contributed by atoms with Gasteiger partial charge in [0.1, 0.15) is 0 Å². The van der Waals surface area contributed by atoms with Gasteiger partial charge < -0.3 is 10.1 Å². The first-order valence-corrected chi connectivity index (χ1v) is 5.43. The van der Waals surface area contributed by atoms with Gasteiger partial charge >= 0.3 is 5.97 Å². The van der Waals surface area contributed by atoms with E-state index in [1.54, 1.807) is 6.92 Å². The van der Waals surface area contributed by atoms with Crippen LogP contribution in [-0.2, 0) is 9.53 Å². The molecule has 0 aromatic carbocycles. The average molecular weight is 213 g/mol. The minimum absolute atomic E-state index is 0.127. The Morgan fingerprint density at radius 2 is 2.07 bits per heavy atom. The van der Waals surface area contributed by atoms with Crippen molar-refractivity contribution in [1.29, 1.82) is 0 Å². The second-order valence-electron chi connectivity index (χ2n) is 4.39. The van der Waals surface area contributed by atoms with Gasteiger partial charge in [0.05, 0.1) is 7.11 Å². The maximum Gasteiger partial charge on any atom is 0.333 e. The largest absolute Gasteiger partial charge is 0.466 e. The van der Waals surface area contributed by atoms with E-state index in [0.29, 0.717) is 12.1 Å². The van der Waals surface area contributed by atoms with E-state index in [2.05, 4.69) is 30.8 Å². The maximum absolute atomic E-state index is 11.1. The fraction of sp³-hybridized carbons (Fsp3) is 0.750. The lowest BCUT2D eigenvalue weighted by atomic mass is 9.99. The first-order valence-electron chi connectivity index (χ1n) is 5.43. The Hall–Kier alpha value is -0.830. The highest BCUT2D eigenvalue weighted by atomic mass is 16.5. The number of hydrogen-bond donors (Lipinski definition) is 1. The molecule has 0 fully saturated rings. The fourth-order valence-corrected chi connectivity index (χ4v) is 1.44. The smallest absolute Gasteiger partial charge is 0.333 e. The van der Waals surface area contributed by atoms with Gasteiger partial charge in [0.2, 0.25) is 0 Å². The summed E-state index contributed by atoms with van der Waals surface area (Å²) in [5.41, 5.74) is 0.777. The van der Waals surface area contributed by atoms with Gasteiger partial charge in [0.15, 0.2) is 0 Å². The number of esters is 1. The number of rotatable bonds is 6. The van der Waals surface area contributed by atoms with Gasteiger partial charge in [-0.25, -0.2) is 4.79 Å². The summed E-state index contributed by atoms with van der Waals surface area (Å²) in [6.45, 7) is 8.96.